The molecule has 0 saturated heterocycles. The van der Waals surface area contributed by atoms with Gasteiger partial charge in [0.2, 0.25) is 0 Å². The van der Waals surface area contributed by atoms with Gasteiger partial charge in [-0.15, -0.1) is 0 Å². The Balaban J connectivity index is 0.000000292. The fourth-order valence-electron chi connectivity index (χ4n) is 0.460. The van der Waals surface area contributed by atoms with Crippen LogP contribution in [0.2, 0.25) is 10.0 Å². The third-order valence-corrected chi connectivity index (χ3v) is 1.26. The number of hydrogen-bond acceptors (Lipinski definition) is 1. The van der Waals surface area contributed by atoms with E-state index >= 15 is 0 Å². The molecule has 2 nitrogen and oxygen atoms in total. The first-order chi connectivity index (χ1) is 5.20. The second-order valence-electron chi connectivity index (χ2n) is 1.55. The quantitative estimate of drug-likeness (QED) is 0.636. The van der Waals surface area contributed by atoms with Crippen molar-refractivity contribution in [3.8, 4) is 0 Å². The van der Waals surface area contributed by atoms with Gasteiger partial charge in [0.1, 0.15) is 0 Å². The minimum atomic E-state index is -0.250. The first-order valence-electron chi connectivity index (χ1n) is 2.69. The van der Waals surface area contributed by atoms with Gasteiger partial charge in [0.25, 0.3) is 0 Å². The molecule has 58 valence electrons. The van der Waals surface area contributed by atoms with Crippen LogP contribution in [0.15, 0.2) is 24.3 Å². The van der Waals surface area contributed by atoms with Gasteiger partial charge < -0.3 is 0 Å². The number of benzene rings is 1. The van der Waals surface area contributed by atoms with Crippen molar-refractivity contribution in [3.05, 3.63) is 34.3 Å². The Bertz CT molecular complexity index is 212. The van der Waals surface area contributed by atoms with Crippen molar-refractivity contribution in [2.24, 2.45) is 0 Å². The molecule has 0 fully saturated rings. The van der Waals surface area contributed by atoms with Crippen LogP contribution in [-0.2, 0) is 4.70 Å². The van der Waals surface area contributed by atoms with Crippen LogP contribution in [0, 0.1) is 0 Å². The minimum absolute atomic E-state index is 0.250. The summed E-state index contributed by atoms with van der Waals surface area (Å²) in [6.45, 7) is 0. The molecule has 0 unspecified atom stereocenters. The van der Waals surface area contributed by atoms with E-state index in [0.29, 0.717) is 10.0 Å². The third kappa shape index (κ3) is 5.89. The zero-order chi connectivity index (χ0) is 8.69. The summed E-state index contributed by atoms with van der Waals surface area (Å²) in [7, 11) is -0.250. The maximum absolute atomic E-state index is 8.36. The molecule has 0 aliphatic heterocycles. The molecule has 0 aliphatic carbocycles. The summed E-state index contributed by atoms with van der Waals surface area (Å²) in [6.07, 6.45) is 0. The van der Waals surface area contributed by atoms with Gasteiger partial charge in [0, 0.05) is 10.0 Å². The molecule has 0 radical (unpaired) electrons. The summed E-state index contributed by atoms with van der Waals surface area (Å²) >= 11 is 11.1. The molecule has 11 heavy (non-hydrogen) atoms. The molecule has 5 heteroatoms. The van der Waals surface area contributed by atoms with Gasteiger partial charge in [-0.1, -0.05) is 29.3 Å². The van der Waals surface area contributed by atoms with Crippen LogP contribution >= 0.6 is 23.2 Å². The molecule has 0 spiro atoms. The van der Waals surface area contributed by atoms with Crippen molar-refractivity contribution in [3.63, 3.8) is 0 Å². The number of rotatable bonds is 0. The Morgan fingerprint density at radius 2 is 1.64 bits per heavy atom. The summed E-state index contributed by atoms with van der Waals surface area (Å²) in [6, 6.07) is 7.08. The molecule has 0 aromatic heterocycles. The standard InChI is InChI=1S/C6H4Cl2.BHO2/c7-5-2-1-3-6(8)4-5;2-1-3/h1-4H;2H. The van der Waals surface area contributed by atoms with Crippen LogP contribution in [0.5, 0.6) is 0 Å². The summed E-state index contributed by atoms with van der Waals surface area (Å²) in [4.78, 5) is 0. The van der Waals surface area contributed by atoms with E-state index in [9.17, 15) is 0 Å². The van der Waals surface area contributed by atoms with Crippen molar-refractivity contribution in [2.75, 3.05) is 0 Å². The van der Waals surface area contributed by atoms with Crippen LogP contribution in [-0.4, -0.2) is 12.4 Å². The Hall–Kier alpha value is -0.535. The first-order valence-corrected chi connectivity index (χ1v) is 3.45. The predicted molar refractivity (Wildman–Crippen MR) is 45.1 cm³/mol. The fraction of sp³-hybridized carbons (Fsp3) is 0. The monoisotopic (exact) mass is 190 g/mol. The molecule has 0 atom stereocenters. The van der Waals surface area contributed by atoms with Gasteiger partial charge >= 0.3 is 17.1 Å². The molecule has 1 N–H and O–H groups in total. The fourth-order valence-corrected chi connectivity index (χ4v) is 0.896. The van der Waals surface area contributed by atoms with Crippen molar-refractivity contribution >= 4 is 30.6 Å². The van der Waals surface area contributed by atoms with Crippen LogP contribution in [0.3, 0.4) is 0 Å². The SMILES string of the molecule is Clc1cccc(Cl)c1.O=BO. The molecule has 1 aromatic carbocycles. The van der Waals surface area contributed by atoms with Gasteiger partial charge in [-0.05, 0) is 18.2 Å². The van der Waals surface area contributed by atoms with Crippen LogP contribution < -0.4 is 0 Å². The second-order valence-corrected chi connectivity index (χ2v) is 2.42. The zero-order valence-electron chi connectivity index (χ0n) is 5.50. The molecule has 0 bridgehead atoms. The van der Waals surface area contributed by atoms with Crippen molar-refractivity contribution in [2.45, 2.75) is 0 Å². The van der Waals surface area contributed by atoms with E-state index in [1.54, 1.807) is 18.2 Å². The van der Waals surface area contributed by atoms with Gasteiger partial charge in [-0.25, -0.2) is 0 Å². The second kappa shape index (κ2) is 6.19. The van der Waals surface area contributed by atoms with Crippen molar-refractivity contribution < 1.29 is 9.73 Å². The molecular formula is C6H5BCl2O2. The Morgan fingerprint density at radius 1 is 1.27 bits per heavy atom. The molecule has 0 heterocycles. The molecule has 1 rings (SSSR count). The first kappa shape index (κ1) is 10.5. The summed E-state index contributed by atoms with van der Waals surface area (Å²) in [5, 5.41) is 8.25. The maximum atomic E-state index is 8.36. The van der Waals surface area contributed by atoms with Crippen LogP contribution in [0.1, 0.15) is 0 Å². The van der Waals surface area contributed by atoms with E-state index < -0.39 is 0 Å². The molecular weight excluding hydrogens is 186 g/mol. The molecule has 0 aliphatic rings. The predicted octanol–water partition coefficient (Wildman–Crippen LogP) is 1.94. The van der Waals surface area contributed by atoms with Gasteiger partial charge in [0.15, 0.2) is 0 Å². The Morgan fingerprint density at radius 3 is 1.82 bits per heavy atom. The Labute approximate surface area is 75.0 Å². The average molecular weight is 191 g/mol. The van der Waals surface area contributed by atoms with Gasteiger partial charge in [-0.2, -0.15) is 0 Å². The van der Waals surface area contributed by atoms with Crippen LogP contribution in [0.4, 0.5) is 0 Å². The van der Waals surface area contributed by atoms with Crippen molar-refractivity contribution in [1.82, 2.24) is 0 Å². The van der Waals surface area contributed by atoms with Crippen molar-refractivity contribution in [1.29, 1.82) is 0 Å². The molecule has 1 aromatic rings. The summed E-state index contributed by atoms with van der Waals surface area (Å²) < 4.78 is 8.36. The number of hydrogen-bond donors (Lipinski definition) is 1. The van der Waals surface area contributed by atoms with Gasteiger partial charge in [-0.3, -0.25) is 0 Å². The van der Waals surface area contributed by atoms with Gasteiger partial charge in [0.05, 0.1) is 0 Å². The summed E-state index contributed by atoms with van der Waals surface area (Å²) in [5.74, 6) is 0. The van der Waals surface area contributed by atoms with E-state index in [1.807, 2.05) is 6.07 Å². The topological polar surface area (TPSA) is 37.3 Å². The van der Waals surface area contributed by atoms with E-state index in [1.165, 1.54) is 0 Å². The molecule has 0 amide bonds. The van der Waals surface area contributed by atoms with E-state index in [4.69, 9.17) is 32.9 Å². The van der Waals surface area contributed by atoms with E-state index in [-0.39, 0.29) is 7.35 Å². The average Bonchev–Trinajstić information content (AvgIpc) is 1.88. The number of halogens is 2. The Kier molecular flexibility index (Phi) is 5.89. The zero-order valence-corrected chi connectivity index (χ0v) is 7.01. The van der Waals surface area contributed by atoms with E-state index in [2.05, 4.69) is 0 Å². The third-order valence-electron chi connectivity index (χ3n) is 0.787. The van der Waals surface area contributed by atoms with Crippen LogP contribution in [0.25, 0.3) is 0 Å². The van der Waals surface area contributed by atoms with E-state index in [0.717, 1.165) is 0 Å². The molecule has 0 saturated carbocycles. The summed E-state index contributed by atoms with van der Waals surface area (Å²) in [5.41, 5.74) is 0. The normalized spacial score (nSPS) is 7.45.